The van der Waals surface area contributed by atoms with Crippen molar-refractivity contribution in [3.05, 3.63) is 64.1 Å². The van der Waals surface area contributed by atoms with Crippen molar-refractivity contribution < 1.29 is 19.1 Å². The molecule has 1 heterocycles. The van der Waals surface area contributed by atoms with E-state index in [9.17, 15) is 14.4 Å². The molecule has 0 unspecified atom stereocenters. The van der Waals surface area contributed by atoms with Gasteiger partial charge in [-0.15, -0.1) is 0 Å². The van der Waals surface area contributed by atoms with Gasteiger partial charge in [0, 0.05) is 25.2 Å². The van der Waals surface area contributed by atoms with Gasteiger partial charge in [0.25, 0.3) is 5.91 Å². The molecule has 2 aromatic rings. The van der Waals surface area contributed by atoms with Gasteiger partial charge in [-0.25, -0.2) is 0 Å². The van der Waals surface area contributed by atoms with E-state index >= 15 is 0 Å². The molecule has 146 valence electrons. The molecule has 1 aliphatic heterocycles. The molecule has 8 heteroatoms. The normalized spacial score (nSPS) is 16.1. The summed E-state index contributed by atoms with van der Waals surface area (Å²) in [7, 11) is 0. The van der Waals surface area contributed by atoms with E-state index in [2.05, 4.69) is 5.32 Å². The molecule has 1 fully saturated rings. The summed E-state index contributed by atoms with van der Waals surface area (Å²) >= 11 is 11.7. The molecular formula is C20H18Cl2N2O4. The summed E-state index contributed by atoms with van der Waals surface area (Å²) in [6.07, 6.45) is 0.0834. The van der Waals surface area contributed by atoms with Crippen LogP contribution < -0.4 is 5.32 Å². The second kappa shape index (κ2) is 9.08. The zero-order valence-corrected chi connectivity index (χ0v) is 16.4. The van der Waals surface area contributed by atoms with Crippen LogP contribution in [-0.4, -0.2) is 35.8 Å². The van der Waals surface area contributed by atoms with Gasteiger partial charge in [-0.05, 0) is 23.8 Å². The average Bonchev–Trinajstić information content (AvgIpc) is 3.04. The number of carbonyl (C=O) groups is 3. The molecule has 3 rings (SSSR count). The molecule has 0 aliphatic carbocycles. The summed E-state index contributed by atoms with van der Waals surface area (Å²) < 4.78 is 5.07. The molecule has 1 saturated heterocycles. The van der Waals surface area contributed by atoms with Gasteiger partial charge in [-0.3, -0.25) is 14.4 Å². The summed E-state index contributed by atoms with van der Waals surface area (Å²) in [5.41, 5.74) is 1.44. The van der Waals surface area contributed by atoms with Crippen LogP contribution >= 0.6 is 23.2 Å². The Labute approximate surface area is 172 Å². The van der Waals surface area contributed by atoms with E-state index in [-0.39, 0.29) is 18.9 Å². The lowest BCUT2D eigenvalue weighted by molar-refractivity contribution is -0.151. The topological polar surface area (TPSA) is 75.7 Å². The Hall–Kier alpha value is -2.57. The maximum atomic E-state index is 12.2. The third kappa shape index (κ3) is 5.24. The first-order valence-electron chi connectivity index (χ1n) is 8.65. The summed E-state index contributed by atoms with van der Waals surface area (Å²) in [5, 5.41) is 3.25. The number of carbonyl (C=O) groups excluding carboxylic acids is 3. The van der Waals surface area contributed by atoms with Crippen LogP contribution in [0.3, 0.4) is 0 Å². The van der Waals surface area contributed by atoms with Crippen LogP contribution in [-0.2, 0) is 25.7 Å². The monoisotopic (exact) mass is 420 g/mol. The van der Waals surface area contributed by atoms with E-state index in [0.717, 1.165) is 5.56 Å². The van der Waals surface area contributed by atoms with Gasteiger partial charge in [-0.1, -0.05) is 53.5 Å². The van der Waals surface area contributed by atoms with E-state index in [1.807, 2.05) is 30.3 Å². The highest BCUT2D eigenvalue weighted by Gasteiger charge is 2.35. The van der Waals surface area contributed by atoms with Gasteiger partial charge >= 0.3 is 5.97 Å². The van der Waals surface area contributed by atoms with Gasteiger partial charge in [0.2, 0.25) is 5.91 Å². The van der Waals surface area contributed by atoms with Crippen LogP contribution in [0.15, 0.2) is 48.5 Å². The first-order chi connectivity index (χ1) is 13.4. The van der Waals surface area contributed by atoms with Crippen LogP contribution in [0.4, 0.5) is 5.69 Å². The quantitative estimate of drug-likeness (QED) is 0.725. The number of nitrogens with zero attached hydrogens (tertiary/aromatic N) is 1. The Morgan fingerprint density at radius 1 is 1.11 bits per heavy atom. The number of ether oxygens (including phenoxy) is 1. The van der Waals surface area contributed by atoms with Crippen LogP contribution in [0.2, 0.25) is 10.0 Å². The van der Waals surface area contributed by atoms with Crippen molar-refractivity contribution in [1.82, 2.24) is 4.90 Å². The van der Waals surface area contributed by atoms with Crippen molar-refractivity contribution >= 4 is 46.7 Å². The molecule has 0 aromatic heterocycles. The number of benzene rings is 2. The largest absolute Gasteiger partial charge is 0.455 e. The number of halogens is 2. The van der Waals surface area contributed by atoms with Gasteiger partial charge in [0.1, 0.15) is 0 Å². The fourth-order valence-electron chi connectivity index (χ4n) is 2.91. The number of anilines is 1. The molecule has 6 nitrogen and oxygen atoms in total. The highest BCUT2D eigenvalue weighted by molar-refractivity contribution is 6.42. The average molecular weight is 421 g/mol. The van der Waals surface area contributed by atoms with E-state index in [1.54, 1.807) is 17.0 Å². The summed E-state index contributed by atoms with van der Waals surface area (Å²) in [6.45, 7) is 0.282. The number of hydrogen-bond acceptors (Lipinski definition) is 4. The SMILES string of the molecule is O=C(COC(=O)[C@@H]1CC(=O)N(Cc2ccccc2)C1)Nc1ccc(Cl)c(Cl)c1. The van der Waals surface area contributed by atoms with Crippen LogP contribution in [0, 0.1) is 5.92 Å². The standard InChI is InChI=1S/C20H18Cl2N2O4/c21-16-7-6-15(9-17(16)22)23-18(25)12-28-20(27)14-8-19(26)24(11-14)10-13-4-2-1-3-5-13/h1-7,9,14H,8,10-12H2,(H,23,25)/t14-/m1/s1. The minimum Gasteiger partial charge on any atom is -0.455 e. The number of rotatable bonds is 6. The molecule has 2 aromatic carbocycles. The van der Waals surface area contributed by atoms with Crippen molar-refractivity contribution in [1.29, 1.82) is 0 Å². The molecule has 0 saturated carbocycles. The van der Waals surface area contributed by atoms with Crippen molar-refractivity contribution in [2.75, 3.05) is 18.5 Å². The Morgan fingerprint density at radius 2 is 1.86 bits per heavy atom. The molecule has 1 atom stereocenters. The lowest BCUT2D eigenvalue weighted by Gasteiger charge is -2.16. The summed E-state index contributed by atoms with van der Waals surface area (Å²) in [5.74, 6) is -1.74. The third-order valence-electron chi connectivity index (χ3n) is 4.31. The highest BCUT2D eigenvalue weighted by Crippen LogP contribution is 2.25. The lowest BCUT2D eigenvalue weighted by Crippen LogP contribution is -2.28. The molecule has 1 N–H and O–H groups in total. The van der Waals surface area contributed by atoms with Crippen LogP contribution in [0.25, 0.3) is 0 Å². The van der Waals surface area contributed by atoms with Crippen molar-refractivity contribution in [2.24, 2.45) is 5.92 Å². The summed E-state index contributed by atoms with van der Waals surface area (Å²) in [6, 6.07) is 14.2. The molecular weight excluding hydrogens is 403 g/mol. The van der Waals surface area contributed by atoms with Crippen LogP contribution in [0.5, 0.6) is 0 Å². The van der Waals surface area contributed by atoms with Crippen molar-refractivity contribution in [3.8, 4) is 0 Å². The minimum atomic E-state index is -0.575. The predicted molar refractivity (Wildman–Crippen MR) is 106 cm³/mol. The van der Waals surface area contributed by atoms with Crippen LogP contribution in [0.1, 0.15) is 12.0 Å². The number of amides is 2. The maximum Gasteiger partial charge on any atom is 0.311 e. The lowest BCUT2D eigenvalue weighted by atomic mass is 10.1. The Bertz CT molecular complexity index is 889. The van der Waals surface area contributed by atoms with E-state index in [0.29, 0.717) is 22.3 Å². The molecule has 0 bridgehead atoms. The minimum absolute atomic E-state index is 0.0834. The van der Waals surface area contributed by atoms with Crippen molar-refractivity contribution in [2.45, 2.75) is 13.0 Å². The van der Waals surface area contributed by atoms with Crippen molar-refractivity contribution in [3.63, 3.8) is 0 Å². The van der Waals surface area contributed by atoms with Gasteiger partial charge in [0.05, 0.1) is 16.0 Å². The zero-order valence-electron chi connectivity index (χ0n) is 14.9. The molecule has 1 aliphatic rings. The highest BCUT2D eigenvalue weighted by atomic mass is 35.5. The number of esters is 1. The summed E-state index contributed by atoms with van der Waals surface area (Å²) in [4.78, 5) is 38.0. The Kier molecular flexibility index (Phi) is 6.54. The van der Waals surface area contributed by atoms with Gasteiger partial charge in [0.15, 0.2) is 6.61 Å². The second-order valence-electron chi connectivity index (χ2n) is 6.45. The third-order valence-corrected chi connectivity index (χ3v) is 5.05. The Balaban J connectivity index is 1.47. The predicted octanol–water partition coefficient (Wildman–Crippen LogP) is 3.52. The van der Waals surface area contributed by atoms with Gasteiger partial charge in [-0.2, -0.15) is 0 Å². The zero-order chi connectivity index (χ0) is 20.1. The van der Waals surface area contributed by atoms with E-state index in [1.165, 1.54) is 6.07 Å². The molecule has 0 spiro atoms. The smallest absolute Gasteiger partial charge is 0.311 e. The number of likely N-dealkylation sites (tertiary alicyclic amines) is 1. The first-order valence-corrected chi connectivity index (χ1v) is 9.41. The first kappa shape index (κ1) is 20.2. The van der Waals surface area contributed by atoms with Gasteiger partial charge < -0.3 is 15.0 Å². The van der Waals surface area contributed by atoms with E-state index in [4.69, 9.17) is 27.9 Å². The maximum absolute atomic E-state index is 12.2. The van der Waals surface area contributed by atoms with E-state index < -0.39 is 24.4 Å². The molecule has 0 radical (unpaired) electrons. The molecule has 28 heavy (non-hydrogen) atoms. The fourth-order valence-corrected chi connectivity index (χ4v) is 3.21. The number of hydrogen-bond donors (Lipinski definition) is 1. The molecule has 2 amide bonds. The fraction of sp³-hybridized carbons (Fsp3) is 0.250. The second-order valence-corrected chi connectivity index (χ2v) is 7.26. The Morgan fingerprint density at radius 3 is 2.57 bits per heavy atom. The number of nitrogens with one attached hydrogen (secondary N) is 1.